The summed E-state index contributed by atoms with van der Waals surface area (Å²) in [4.78, 5) is 11.7. The minimum absolute atomic E-state index is 0.135. The average Bonchev–Trinajstić information content (AvgIpc) is 2.56. The van der Waals surface area contributed by atoms with Gasteiger partial charge in [-0.05, 0) is 31.2 Å². The molecule has 0 amide bonds. The molecule has 8 heteroatoms. The maximum atomic E-state index is 12.8. The van der Waals surface area contributed by atoms with Crippen molar-refractivity contribution in [1.82, 2.24) is 0 Å². The van der Waals surface area contributed by atoms with Gasteiger partial charge in [0.1, 0.15) is 0 Å². The predicted molar refractivity (Wildman–Crippen MR) is 87.7 cm³/mol. The highest BCUT2D eigenvalue weighted by Gasteiger charge is 2.46. The fourth-order valence-corrected chi connectivity index (χ4v) is 6.31. The van der Waals surface area contributed by atoms with Gasteiger partial charge >= 0.3 is 5.97 Å². The van der Waals surface area contributed by atoms with E-state index in [1.165, 1.54) is 55.5 Å². The Hall–Kier alpha value is -2.19. The van der Waals surface area contributed by atoms with E-state index in [1.54, 1.807) is 12.1 Å². The van der Waals surface area contributed by atoms with Gasteiger partial charge in [0, 0.05) is 0 Å². The van der Waals surface area contributed by atoms with Crippen LogP contribution in [-0.4, -0.2) is 34.0 Å². The zero-order valence-corrected chi connectivity index (χ0v) is 14.5. The van der Waals surface area contributed by atoms with E-state index in [0.29, 0.717) is 0 Å². The Balaban J connectivity index is 2.65. The summed E-state index contributed by atoms with van der Waals surface area (Å²) in [6, 6.07) is 13.9. The summed E-state index contributed by atoms with van der Waals surface area (Å²) in [5.74, 6) is -1.31. The monoisotopic (exact) mass is 368 g/mol. The van der Waals surface area contributed by atoms with Crippen molar-refractivity contribution >= 4 is 25.6 Å². The highest BCUT2D eigenvalue weighted by Crippen LogP contribution is 2.26. The van der Waals surface area contributed by atoms with Crippen LogP contribution in [0.2, 0.25) is 0 Å². The molecule has 0 heterocycles. The highest BCUT2D eigenvalue weighted by molar-refractivity contribution is 8.10. The van der Waals surface area contributed by atoms with Crippen LogP contribution in [0.1, 0.15) is 6.92 Å². The number of carbonyl (C=O) groups is 1. The summed E-state index contributed by atoms with van der Waals surface area (Å²) < 4.78 is 53.5. The number of benzene rings is 2. The zero-order valence-electron chi connectivity index (χ0n) is 12.8. The Morgan fingerprint density at radius 1 is 0.833 bits per heavy atom. The van der Waals surface area contributed by atoms with Crippen molar-refractivity contribution in [2.45, 2.75) is 21.3 Å². The normalized spacial score (nSPS) is 12.1. The van der Waals surface area contributed by atoms with Gasteiger partial charge in [0.05, 0.1) is 16.4 Å². The van der Waals surface area contributed by atoms with Crippen molar-refractivity contribution < 1.29 is 26.4 Å². The third-order valence-corrected chi connectivity index (χ3v) is 8.08. The number of carbonyl (C=O) groups excluding carboxylic acids is 1. The zero-order chi connectivity index (χ0) is 17.8. The first kappa shape index (κ1) is 18.2. The molecule has 6 nitrogen and oxygen atoms in total. The molecule has 0 saturated heterocycles. The maximum absolute atomic E-state index is 12.8. The van der Waals surface area contributed by atoms with Crippen LogP contribution in [0.25, 0.3) is 0 Å². The van der Waals surface area contributed by atoms with Gasteiger partial charge in [0.2, 0.25) is 19.7 Å². The Labute approximate surface area is 140 Å². The second kappa shape index (κ2) is 7.14. The van der Waals surface area contributed by atoms with Crippen molar-refractivity contribution in [2.24, 2.45) is 0 Å². The summed E-state index contributed by atoms with van der Waals surface area (Å²) in [6.45, 7) is 1.34. The van der Waals surface area contributed by atoms with Gasteiger partial charge in [0.25, 0.3) is 4.58 Å². The minimum Gasteiger partial charge on any atom is -0.464 e. The van der Waals surface area contributed by atoms with E-state index in [4.69, 9.17) is 4.74 Å². The van der Waals surface area contributed by atoms with Gasteiger partial charge in [-0.2, -0.15) is 0 Å². The van der Waals surface area contributed by atoms with Gasteiger partial charge in [-0.1, -0.05) is 36.4 Å². The lowest BCUT2D eigenvalue weighted by molar-refractivity contribution is -0.140. The van der Waals surface area contributed by atoms with Crippen molar-refractivity contribution in [3.63, 3.8) is 0 Å². The van der Waals surface area contributed by atoms with Crippen LogP contribution in [0.5, 0.6) is 0 Å². The van der Waals surface area contributed by atoms with E-state index in [-0.39, 0.29) is 16.4 Å². The van der Waals surface area contributed by atoms with Gasteiger partial charge in [-0.25, -0.2) is 21.6 Å². The second-order valence-corrected chi connectivity index (χ2v) is 9.16. The molecule has 0 aromatic heterocycles. The van der Waals surface area contributed by atoms with Crippen molar-refractivity contribution in [3.05, 3.63) is 60.7 Å². The Bertz CT molecular complexity index is 834. The largest absolute Gasteiger partial charge is 0.464 e. The number of hydrogen-bond donors (Lipinski definition) is 0. The van der Waals surface area contributed by atoms with Gasteiger partial charge in [0.15, 0.2) is 0 Å². The molecule has 2 aromatic rings. The molecule has 0 aliphatic carbocycles. The first-order chi connectivity index (χ1) is 11.3. The van der Waals surface area contributed by atoms with Crippen molar-refractivity contribution in [3.8, 4) is 0 Å². The maximum Gasteiger partial charge on any atom is 0.340 e. The molecule has 0 atom stereocenters. The van der Waals surface area contributed by atoms with Gasteiger partial charge in [-0.15, -0.1) is 0 Å². The molecule has 0 aliphatic rings. The SMILES string of the molecule is CCOC(=O)C(S(=O)(=O)c1ccccc1)S(=O)(=O)c1ccccc1. The first-order valence-corrected chi connectivity index (χ1v) is 10.2. The quantitative estimate of drug-likeness (QED) is 0.722. The fourth-order valence-electron chi connectivity index (χ4n) is 2.10. The number of rotatable bonds is 6. The van der Waals surface area contributed by atoms with Crippen LogP contribution in [0.3, 0.4) is 0 Å². The molecule has 0 aliphatic heterocycles. The topological polar surface area (TPSA) is 94.6 Å². The lowest BCUT2D eigenvalue weighted by atomic mass is 10.4. The summed E-state index contributed by atoms with van der Waals surface area (Å²) in [5.41, 5.74) is 0. The molecule has 128 valence electrons. The molecular formula is C16H16O6S2. The standard InChI is InChI=1S/C16H16O6S2/c1-2-22-15(17)16(23(18,19)13-9-5-3-6-10-13)24(20,21)14-11-7-4-8-12-14/h3-12,16H,2H2,1H3. The van der Waals surface area contributed by atoms with Crippen LogP contribution in [0.15, 0.2) is 70.5 Å². The summed E-state index contributed by atoms with van der Waals surface area (Å²) >= 11 is 0. The van der Waals surface area contributed by atoms with Crippen LogP contribution in [0.4, 0.5) is 0 Å². The highest BCUT2D eigenvalue weighted by atomic mass is 32.3. The second-order valence-electron chi connectivity index (χ2n) is 4.80. The van der Waals surface area contributed by atoms with E-state index in [1.807, 2.05) is 0 Å². The molecule has 24 heavy (non-hydrogen) atoms. The van der Waals surface area contributed by atoms with E-state index in [2.05, 4.69) is 0 Å². The molecule has 2 aromatic carbocycles. The smallest absolute Gasteiger partial charge is 0.340 e. The number of ether oxygens (including phenoxy) is 1. The number of sulfone groups is 2. The fraction of sp³-hybridized carbons (Fsp3) is 0.188. The predicted octanol–water partition coefficient (Wildman–Crippen LogP) is 1.82. The average molecular weight is 368 g/mol. The molecule has 0 bridgehead atoms. The first-order valence-electron chi connectivity index (χ1n) is 7.06. The van der Waals surface area contributed by atoms with E-state index >= 15 is 0 Å². The Morgan fingerprint density at radius 3 is 1.54 bits per heavy atom. The lowest BCUT2D eigenvalue weighted by Gasteiger charge is -2.17. The van der Waals surface area contributed by atoms with Crippen LogP contribution in [-0.2, 0) is 29.2 Å². The number of hydrogen-bond acceptors (Lipinski definition) is 6. The van der Waals surface area contributed by atoms with E-state index < -0.39 is 30.2 Å². The summed E-state index contributed by atoms with van der Waals surface area (Å²) in [7, 11) is -8.98. The molecule has 0 N–H and O–H groups in total. The number of esters is 1. The van der Waals surface area contributed by atoms with Gasteiger partial charge in [-0.3, -0.25) is 0 Å². The summed E-state index contributed by atoms with van der Waals surface area (Å²) in [5, 5.41) is 0. The molecule has 0 radical (unpaired) electrons. The molecular weight excluding hydrogens is 352 g/mol. The molecule has 0 saturated carbocycles. The summed E-state index contributed by atoms with van der Waals surface area (Å²) in [6.07, 6.45) is 0. The third-order valence-electron chi connectivity index (χ3n) is 3.19. The van der Waals surface area contributed by atoms with Crippen molar-refractivity contribution in [2.75, 3.05) is 6.61 Å². The molecule has 0 spiro atoms. The Kier molecular flexibility index (Phi) is 5.40. The molecule has 0 unspecified atom stereocenters. The van der Waals surface area contributed by atoms with Crippen LogP contribution < -0.4 is 0 Å². The van der Waals surface area contributed by atoms with E-state index in [9.17, 15) is 21.6 Å². The van der Waals surface area contributed by atoms with Crippen LogP contribution in [0, 0.1) is 0 Å². The molecule has 0 fully saturated rings. The Morgan fingerprint density at radius 2 is 1.21 bits per heavy atom. The lowest BCUT2D eigenvalue weighted by Crippen LogP contribution is -2.39. The minimum atomic E-state index is -4.49. The molecule has 2 rings (SSSR count). The van der Waals surface area contributed by atoms with E-state index in [0.717, 1.165) is 0 Å². The van der Waals surface area contributed by atoms with Gasteiger partial charge < -0.3 is 4.74 Å². The van der Waals surface area contributed by atoms with Crippen molar-refractivity contribution in [1.29, 1.82) is 0 Å². The van der Waals surface area contributed by atoms with Crippen LogP contribution >= 0.6 is 0 Å². The third kappa shape index (κ3) is 3.49.